The molecule has 1 aromatic carbocycles. The Morgan fingerprint density at radius 1 is 1.40 bits per heavy atom. The molecule has 0 spiro atoms. The molecule has 0 heterocycles. The molecular weight excluding hydrogens is 321 g/mol. The van der Waals surface area contributed by atoms with Crippen molar-refractivity contribution in [3.05, 3.63) is 34.1 Å². The molecule has 0 aliphatic rings. The van der Waals surface area contributed by atoms with Gasteiger partial charge in [0.2, 0.25) is 0 Å². The van der Waals surface area contributed by atoms with Crippen LogP contribution in [0.3, 0.4) is 0 Å². The highest BCUT2D eigenvalue weighted by molar-refractivity contribution is 9.10. The molecule has 1 unspecified atom stereocenters. The summed E-state index contributed by atoms with van der Waals surface area (Å²) in [7, 11) is 1.74. The molecule has 2 nitrogen and oxygen atoms in total. The van der Waals surface area contributed by atoms with E-state index in [1.807, 2.05) is 12.1 Å². The van der Waals surface area contributed by atoms with Crippen molar-refractivity contribution in [3.8, 4) is 0 Å². The first-order valence-corrected chi connectivity index (χ1v) is 7.89. The number of benzene rings is 1. The first-order chi connectivity index (χ1) is 9.38. The zero-order valence-corrected chi connectivity index (χ0v) is 14.4. The quantitative estimate of drug-likeness (QED) is 0.757. The van der Waals surface area contributed by atoms with E-state index in [-0.39, 0.29) is 11.4 Å². The summed E-state index contributed by atoms with van der Waals surface area (Å²) in [5.74, 6) is -0.218. The van der Waals surface area contributed by atoms with Crippen molar-refractivity contribution in [1.82, 2.24) is 5.32 Å². The third-order valence-corrected chi connectivity index (χ3v) is 4.05. The summed E-state index contributed by atoms with van der Waals surface area (Å²) >= 11 is 3.24. The summed E-state index contributed by atoms with van der Waals surface area (Å²) in [4.78, 5) is 0. The topological polar surface area (TPSA) is 21.3 Å². The van der Waals surface area contributed by atoms with Crippen LogP contribution in [0.15, 0.2) is 22.7 Å². The zero-order chi connectivity index (χ0) is 15.2. The van der Waals surface area contributed by atoms with Crippen LogP contribution < -0.4 is 5.32 Å². The highest BCUT2D eigenvalue weighted by Gasteiger charge is 2.22. The fourth-order valence-electron chi connectivity index (χ4n) is 2.19. The monoisotopic (exact) mass is 345 g/mol. The summed E-state index contributed by atoms with van der Waals surface area (Å²) in [5.41, 5.74) is 0.960. The second-order valence-corrected chi connectivity index (χ2v) is 6.63. The molecule has 0 aliphatic heterocycles. The maximum Gasteiger partial charge on any atom is 0.137 e. The van der Waals surface area contributed by atoms with Crippen molar-refractivity contribution in [3.63, 3.8) is 0 Å². The van der Waals surface area contributed by atoms with Gasteiger partial charge in [-0.25, -0.2) is 4.39 Å². The Hall–Kier alpha value is -0.450. The Morgan fingerprint density at radius 3 is 2.65 bits per heavy atom. The van der Waals surface area contributed by atoms with Crippen molar-refractivity contribution >= 4 is 15.9 Å². The lowest BCUT2D eigenvalue weighted by atomic mass is 9.94. The van der Waals surface area contributed by atoms with Gasteiger partial charge in [-0.15, -0.1) is 0 Å². The third kappa shape index (κ3) is 5.90. The van der Waals surface area contributed by atoms with Gasteiger partial charge in [0.1, 0.15) is 5.82 Å². The largest absolute Gasteiger partial charge is 0.379 e. The van der Waals surface area contributed by atoms with E-state index in [1.54, 1.807) is 7.11 Å². The fourth-order valence-corrected chi connectivity index (χ4v) is 2.62. The predicted molar refractivity (Wildman–Crippen MR) is 85.6 cm³/mol. The van der Waals surface area contributed by atoms with E-state index < -0.39 is 0 Å². The van der Waals surface area contributed by atoms with Gasteiger partial charge < -0.3 is 10.1 Å². The highest BCUT2D eigenvalue weighted by atomic mass is 79.9. The fraction of sp³-hybridized carbons (Fsp3) is 0.625. The van der Waals surface area contributed by atoms with Crippen LogP contribution in [-0.4, -0.2) is 25.3 Å². The molecular formula is C16H25BrFNO. The van der Waals surface area contributed by atoms with Crippen molar-refractivity contribution < 1.29 is 9.13 Å². The van der Waals surface area contributed by atoms with Gasteiger partial charge in [-0.1, -0.05) is 13.0 Å². The van der Waals surface area contributed by atoms with Gasteiger partial charge in [0.15, 0.2) is 0 Å². The van der Waals surface area contributed by atoms with E-state index in [0.717, 1.165) is 31.4 Å². The first-order valence-electron chi connectivity index (χ1n) is 7.10. The Morgan fingerprint density at radius 2 is 2.10 bits per heavy atom. The van der Waals surface area contributed by atoms with Crippen LogP contribution in [0.1, 0.15) is 39.2 Å². The van der Waals surface area contributed by atoms with Gasteiger partial charge in [-0.3, -0.25) is 0 Å². The smallest absolute Gasteiger partial charge is 0.137 e. The zero-order valence-electron chi connectivity index (χ0n) is 12.8. The Bertz CT molecular complexity index is 423. The van der Waals surface area contributed by atoms with Crippen molar-refractivity contribution in [2.45, 2.75) is 51.7 Å². The Labute approximate surface area is 130 Å². The molecule has 0 amide bonds. The van der Waals surface area contributed by atoms with Crippen LogP contribution in [-0.2, 0) is 11.2 Å². The highest BCUT2D eigenvalue weighted by Crippen LogP contribution is 2.21. The molecule has 0 saturated carbocycles. The summed E-state index contributed by atoms with van der Waals surface area (Å²) in [6, 6.07) is 5.54. The first kappa shape index (κ1) is 17.6. The standard InChI is InChI=1S/C16H25BrFNO/c1-5-8-19-13(11-16(2,3)20-4)9-12-6-7-15(18)14(17)10-12/h6-7,10,13,19H,5,8-9,11H2,1-4H3. The van der Waals surface area contributed by atoms with E-state index in [9.17, 15) is 4.39 Å². The summed E-state index contributed by atoms with van der Waals surface area (Å²) < 4.78 is 19.3. The molecule has 0 saturated heterocycles. The SMILES string of the molecule is CCCNC(Cc1ccc(F)c(Br)c1)CC(C)(C)OC. The molecule has 0 aromatic heterocycles. The number of methoxy groups -OCH3 is 1. The second-order valence-electron chi connectivity index (χ2n) is 5.77. The van der Waals surface area contributed by atoms with Crippen molar-refractivity contribution in [2.24, 2.45) is 0 Å². The van der Waals surface area contributed by atoms with Crippen LogP contribution >= 0.6 is 15.9 Å². The molecule has 114 valence electrons. The molecule has 1 atom stereocenters. The number of ether oxygens (including phenoxy) is 1. The van der Waals surface area contributed by atoms with Gasteiger partial charge in [0.25, 0.3) is 0 Å². The molecule has 1 aromatic rings. The molecule has 0 aliphatic carbocycles. The van der Waals surface area contributed by atoms with E-state index >= 15 is 0 Å². The minimum absolute atomic E-state index is 0.164. The molecule has 4 heteroatoms. The number of rotatable bonds is 8. The van der Waals surface area contributed by atoms with Crippen LogP contribution in [0.2, 0.25) is 0 Å². The van der Waals surface area contributed by atoms with Crippen molar-refractivity contribution in [1.29, 1.82) is 0 Å². The Balaban J connectivity index is 2.75. The summed E-state index contributed by atoms with van der Waals surface area (Å²) in [5, 5.41) is 3.55. The minimum atomic E-state index is -0.218. The number of nitrogens with one attached hydrogen (secondary N) is 1. The molecule has 20 heavy (non-hydrogen) atoms. The van der Waals surface area contributed by atoms with Crippen LogP contribution in [0.4, 0.5) is 4.39 Å². The lowest BCUT2D eigenvalue weighted by molar-refractivity contribution is 0.00714. The molecule has 0 bridgehead atoms. The van der Waals surface area contributed by atoms with E-state index in [4.69, 9.17) is 4.74 Å². The Kier molecular flexibility index (Phi) is 7.13. The number of halogens is 2. The van der Waals surface area contributed by atoms with E-state index in [1.165, 1.54) is 6.07 Å². The summed E-state index contributed by atoms with van der Waals surface area (Å²) in [6.45, 7) is 7.31. The van der Waals surface area contributed by atoms with Crippen LogP contribution in [0.25, 0.3) is 0 Å². The molecule has 1 rings (SSSR count). The van der Waals surface area contributed by atoms with Gasteiger partial charge in [-0.2, -0.15) is 0 Å². The van der Waals surface area contributed by atoms with Crippen LogP contribution in [0, 0.1) is 5.82 Å². The van der Waals surface area contributed by atoms with Gasteiger partial charge in [0, 0.05) is 13.2 Å². The van der Waals surface area contributed by atoms with Crippen molar-refractivity contribution in [2.75, 3.05) is 13.7 Å². The average Bonchev–Trinajstić information content (AvgIpc) is 2.40. The van der Waals surface area contributed by atoms with Gasteiger partial charge in [-0.05, 0) is 73.3 Å². The maximum absolute atomic E-state index is 13.3. The molecule has 1 N–H and O–H groups in total. The lowest BCUT2D eigenvalue weighted by Crippen LogP contribution is -2.39. The van der Waals surface area contributed by atoms with Gasteiger partial charge in [0.05, 0.1) is 10.1 Å². The molecule has 0 fully saturated rings. The van der Waals surface area contributed by atoms with E-state index in [2.05, 4.69) is 42.0 Å². The number of hydrogen-bond donors (Lipinski definition) is 1. The lowest BCUT2D eigenvalue weighted by Gasteiger charge is -2.29. The normalized spacial score (nSPS) is 13.5. The average molecular weight is 346 g/mol. The van der Waals surface area contributed by atoms with Crippen LogP contribution in [0.5, 0.6) is 0 Å². The predicted octanol–water partition coefficient (Wildman–Crippen LogP) is 4.31. The number of hydrogen-bond acceptors (Lipinski definition) is 2. The maximum atomic E-state index is 13.3. The summed E-state index contributed by atoms with van der Waals surface area (Å²) in [6.07, 6.45) is 2.88. The minimum Gasteiger partial charge on any atom is -0.379 e. The third-order valence-electron chi connectivity index (χ3n) is 3.44. The van der Waals surface area contributed by atoms with Gasteiger partial charge >= 0.3 is 0 Å². The van der Waals surface area contributed by atoms with E-state index in [0.29, 0.717) is 10.5 Å². The molecule has 0 radical (unpaired) electrons. The second kappa shape index (κ2) is 8.11.